The second kappa shape index (κ2) is 2.90. The maximum absolute atomic E-state index is 6.05. The van der Waals surface area contributed by atoms with Crippen molar-refractivity contribution in [2.75, 3.05) is 0 Å². The van der Waals surface area contributed by atoms with Gasteiger partial charge in [0.1, 0.15) is 10.7 Å². The van der Waals surface area contributed by atoms with Crippen molar-refractivity contribution in [3.63, 3.8) is 0 Å². The van der Waals surface area contributed by atoms with E-state index in [9.17, 15) is 0 Å². The van der Waals surface area contributed by atoms with Crippen LogP contribution in [0.1, 0.15) is 0 Å². The van der Waals surface area contributed by atoms with Crippen LogP contribution in [0, 0.1) is 0 Å². The predicted octanol–water partition coefficient (Wildman–Crippen LogP) is 3.50. The Labute approximate surface area is 89.2 Å². The zero-order chi connectivity index (χ0) is 9.54. The summed E-state index contributed by atoms with van der Waals surface area (Å²) in [5.74, 6) is 0. The van der Waals surface area contributed by atoms with Gasteiger partial charge in [-0.2, -0.15) is 0 Å². The second-order valence-electron chi connectivity index (χ2n) is 2.94. The first-order valence-electron chi connectivity index (χ1n) is 4.14. The Morgan fingerprint density at radius 3 is 3.14 bits per heavy atom. The van der Waals surface area contributed by atoms with E-state index in [1.54, 1.807) is 17.5 Å². The summed E-state index contributed by atoms with van der Waals surface area (Å²) in [6, 6.07) is 5.77. The molecule has 0 amide bonds. The highest BCUT2D eigenvalue weighted by Gasteiger charge is 2.07. The molecule has 0 bridgehead atoms. The summed E-state index contributed by atoms with van der Waals surface area (Å²) in [6.45, 7) is 0. The van der Waals surface area contributed by atoms with Gasteiger partial charge in [0.25, 0.3) is 0 Å². The van der Waals surface area contributed by atoms with Gasteiger partial charge in [0.05, 0.1) is 10.2 Å². The Morgan fingerprint density at radius 2 is 2.21 bits per heavy atom. The molecule has 0 fully saturated rings. The average molecular weight is 221 g/mol. The molecule has 0 spiro atoms. The van der Waals surface area contributed by atoms with E-state index in [-0.39, 0.29) is 0 Å². The molecule has 0 aliphatic carbocycles. The van der Waals surface area contributed by atoms with E-state index in [1.165, 1.54) is 0 Å². The van der Waals surface area contributed by atoms with Crippen LogP contribution in [0.4, 0.5) is 0 Å². The molecule has 3 aromatic heterocycles. The number of halogens is 1. The molecule has 2 nitrogen and oxygen atoms in total. The van der Waals surface area contributed by atoms with Crippen molar-refractivity contribution in [2.24, 2.45) is 0 Å². The topological polar surface area (TPSA) is 25.8 Å². The van der Waals surface area contributed by atoms with Crippen molar-refractivity contribution in [3.8, 4) is 0 Å². The first-order valence-corrected chi connectivity index (χ1v) is 5.39. The summed E-state index contributed by atoms with van der Waals surface area (Å²) in [6.07, 6.45) is 1.77. The number of hydrogen-bond donors (Lipinski definition) is 0. The van der Waals surface area contributed by atoms with E-state index in [1.807, 2.05) is 23.6 Å². The van der Waals surface area contributed by atoms with Crippen molar-refractivity contribution in [1.82, 2.24) is 9.97 Å². The van der Waals surface area contributed by atoms with E-state index in [2.05, 4.69) is 9.97 Å². The lowest BCUT2D eigenvalue weighted by atomic mass is 10.3. The van der Waals surface area contributed by atoms with Gasteiger partial charge in [0.2, 0.25) is 0 Å². The van der Waals surface area contributed by atoms with Crippen LogP contribution in [0.3, 0.4) is 0 Å². The van der Waals surface area contributed by atoms with Gasteiger partial charge in [-0.05, 0) is 23.6 Å². The molecule has 0 aliphatic rings. The van der Waals surface area contributed by atoms with E-state index in [4.69, 9.17) is 11.6 Å². The fraction of sp³-hybridized carbons (Fsp3) is 0. The Morgan fingerprint density at radius 1 is 1.29 bits per heavy atom. The number of aromatic nitrogens is 2. The van der Waals surface area contributed by atoms with Gasteiger partial charge in [0.15, 0.2) is 0 Å². The van der Waals surface area contributed by atoms with Gasteiger partial charge in [-0.1, -0.05) is 11.6 Å². The molecule has 68 valence electrons. The standard InChI is InChI=1S/C10H5ClN2S/c11-10-6-3-5-14-9(6)8-7(13-10)2-1-4-12-8/h1-5H. The molecule has 3 heterocycles. The minimum Gasteiger partial charge on any atom is -0.253 e. The van der Waals surface area contributed by atoms with Gasteiger partial charge in [-0.25, -0.2) is 4.98 Å². The van der Waals surface area contributed by atoms with Crippen LogP contribution >= 0.6 is 22.9 Å². The Kier molecular flexibility index (Phi) is 1.69. The molecule has 0 radical (unpaired) electrons. The number of fused-ring (bicyclic) bond motifs is 3. The largest absolute Gasteiger partial charge is 0.253 e. The number of nitrogens with zero attached hydrogens (tertiary/aromatic N) is 2. The number of hydrogen-bond acceptors (Lipinski definition) is 3. The normalized spacial score (nSPS) is 11.2. The van der Waals surface area contributed by atoms with Crippen molar-refractivity contribution in [2.45, 2.75) is 0 Å². The lowest BCUT2D eigenvalue weighted by Gasteiger charge is -1.98. The molecule has 0 saturated heterocycles. The number of pyridine rings is 2. The minimum atomic E-state index is 0.557. The SMILES string of the molecule is Clc1nc2cccnc2c2sccc12. The molecule has 0 saturated carbocycles. The van der Waals surface area contributed by atoms with E-state index < -0.39 is 0 Å². The smallest absolute Gasteiger partial charge is 0.138 e. The molecule has 0 unspecified atom stereocenters. The molecular formula is C10H5ClN2S. The van der Waals surface area contributed by atoms with Crippen molar-refractivity contribution in [1.29, 1.82) is 0 Å². The first kappa shape index (κ1) is 8.15. The number of rotatable bonds is 0. The highest BCUT2D eigenvalue weighted by atomic mass is 35.5. The molecule has 4 heteroatoms. The van der Waals surface area contributed by atoms with Crippen LogP contribution in [0.5, 0.6) is 0 Å². The van der Waals surface area contributed by atoms with Gasteiger partial charge < -0.3 is 0 Å². The fourth-order valence-electron chi connectivity index (χ4n) is 1.48. The molecule has 0 aromatic carbocycles. The summed E-state index contributed by atoms with van der Waals surface area (Å²) in [5.41, 5.74) is 1.79. The summed E-state index contributed by atoms with van der Waals surface area (Å²) in [4.78, 5) is 8.60. The minimum absolute atomic E-state index is 0.557. The monoisotopic (exact) mass is 220 g/mol. The van der Waals surface area contributed by atoms with Gasteiger partial charge in [-0.15, -0.1) is 11.3 Å². The Balaban J connectivity index is 2.66. The highest BCUT2D eigenvalue weighted by molar-refractivity contribution is 7.18. The molecule has 3 rings (SSSR count). The summed E-state index contributed by atoms with van der Waals surface area (Å²) >= 11 is 7.69. The maximum Gasteiger partial charge on any atom is 0.138 e. The summed E-state index contributed by atoms with van der Waals surface area (Å²) < 4.78 is 1.11. The molecule has 0 aliphatic heterocycles. The van der Waals surface area contributed by atoms with E-state index in [0.717, 1.165) is 21.1 Å². The van der Waals surface area contributed by atoms with Crippen LogP contribution in [0.15, 0.2) is 29.8 Å². The van der Waals surface area contributed by atoms with Gasteiger partial charge >= 0.3 is 0 Å². The number of thiophene rings is 1. The average Bonchev–Trinajstić information content (AvgIpc) is 2.67. The third-order valence-electron chi connectivity index (χ3n) is 2.11. The summed E-state index contributed by atoms with van der Waals surface area (Å²) in [7, 11) is 0. The first-order chi connectivity index (χ1) is 6.86. The maximum atomic E-state index is 6.05. The highest BCUT2D eigenvalue weighted by Crippen LogP contribution is 2.31. The Hall–Kier alpha value is -1.19. The quantitative estimate of drug-likeness (QED) is 0.542. The fourth-order valence-corrected chi connectivity index (χ4v) is 2.69. The Bertz CT molecular complexity index is 618. The lowest BCUT2D eigenvalue weighted by molar-refractivity contribution is 1.37. The van der Waals surface area contributed by atoms with Crippen molar-refractivity contribution < 1.29 is 0 Å². The van der Waals surface area contributed by atoms with Crippen LogP contribution in [0.25, 0.3) is 21.1 Å². The third-order valence-corrected chi connectivity index (χ3v) is 3.32. The van der Waals surface area contributed by atoms with Crippen LogP contribution in [-0.4, -0.2) is 9.97 Å². The van der Waals surface area contributed by atoms with Crippen LogP contribution < -0.4 is 0 Å². The molecule has 14 heavy (non-hydrogen) atoms. The van der Waals surface area contributed by atoms with Gasteiger partial charge in [-0.3, -0.25) is 4.98 Å². The predicted molar refractivity (Wildman–Crippen MR) is 59.9 cm³/mol. The molecule has 3 aromatic rings. The second-order valence-corrected chi connectivity index (χ2v) is 4.21. The molecule has 0 N–H and O–H groups in total. The zero-order valence-electron chi connectivity index (χ0n) is 7.07. The van der Waals surface area contributed by atoms with Crippen LogP contribution in [-0.2, 0) is 0 Å². The van der Waals surface area contributed by atoms with E-state index in [0.29, 0.717) is 5.15 Å². The van der Waals surface area contributed by atoms with E-state index >= 15 is 0 Å². The third kappa shape index (κ3) is 1.03. The molecular weight excluding hydrogens is 216 g/mol. The lowest BCUT2D eigenvalue weighted by Crippen LogP contribution is -1.83. The van der Waals surface area contributed by atoms with Crippen molar-refractivity contribution >= 4 is 44.1 Å². The van der Waals surface area contributed by atoms with Crippen LogP contribution in [0.2, 0.25) is 5.15 Å². The molecule has 0 atom stereocenters. The van der Waals surface area contributed by atoms with Crippen molar-refractivity contribution in [3.05, 3.63) is 34.9 Å². The zero-order valence-corrected chi connectivity index (χ0v) is 8.64. The summed E-state index contributed by atoms with van der Waals surface area (Å²) in [5, 5.41) is 3.55. The van der Waals surface area contributed by atoms with Gasteiger partial charge in [0, 0.05) is 11.6 Å².